The van der Waals surface area contributed by atoms with Crippen LogP contribution in [0.3, 0.4) is 0 Å². The highest BCUT2D eigenvalue weighted by atomic mass is 16.5. The molecule has 0 aliphatic heterocycles. The van der Waals surface area contributed by atoms with Crippen molar-refractivity contribution >= 4 is 5.69 Å². The normalized spacial score (nSPS) is 9.92. The first-order chi connectivity index (χ1) is 6.34. The lowest BCUT2D eigenvalue weighted by molar-refractivity contribution is 0.311. The van der Waals surface area contributed by atoms with Gasteiger partial charge in [-0.25, -0.2) is 0 Å². The van der Waals surface area contributed by atoms with Crippen LogP contribution in [-0.4, -0.2) is 20.2 Å². The molecule has 0 fully saturated rings. The van der Waals surface area contributed by atoms with Crippen LogP contribution in [0.4, 0.5) is 5.69 Å². The van der Waals surface area contributed by atoms with Crippen LogP contribution in [0, 0.1) is 0 Å². The third-order valence-electron chi connectivity index (χ3n) is 1.75. The average molecular weight is 180 g/mol. The third-order valence-corrected chi connectivity index (χ3v) is 1.75. The summed E-state index contributed by atoms with van der Waals surface area (Å²) in [5, 5.41) is 3.06. The second kappa shape index (κ2) is 5.43. The molecule has 1 aromatic rings. The van der Waals surface area contributed by atoms with Crippen LogP contribution < -0.4 is 15.8 Å². The maximum absolute atomic E-state index is 5.69. The van der Waals surface area contributed by atoms with Crippen molar-refractivity contribution in [2.45, 2.75) is 6.42 Å². The molecule has 3 heteroatoms. The van der Waals surface area contributed by atoms with Crippen LogP contribution in [0.15, 0.2) is 24.3 Å². The van der Waals surface area contributed by atoms with Crippen LogP contribution >= 0.6 is 0 Å². The Morgan fingerprint density at radius 3 is 2.85 bits per heavy atom. The molecule has 0 unspecified atom stereocenters. The van der Waals surface area contributed by atoms with E-state index in [0.717, 1.165) is 18.7 Å². The highest BCUT2D eigenvalue weighted by Gasteiger charge is 1.96. The molecule has 1 aromatic carbocycles. The maximum atomic E-state index is 5.69. The van der Waals surface area contributed by atoms with Crippen LogP contribution in [0.25, 0.3) is 0 Å². The zero-order chi connectivity index (χ0) is 9.52. The summed E-state index contributed by atoms with van der Waals surface area (Å²) in [6.07, 6.45) is 0.991. The fourth-order valence-corrected chi connectivity index (χ4v) is 1.04. The number of ether oxygens (including phenoxy) is 1. The Morgan fingerprint density at radius 1 is 1.38 bits per heavy atom. The minimum atomic E-state index is 0.701. The molecule has 0 aliphatic carbocycles. The van der Waals surface area contributed by atoms with Gasteiger partial charge in [-0.2, -0.15) is 0 Å². The third kappa shape index (κ3) is 3.34. The van der Waals surface area contributed by atoms with E-state index in [2.05, 4.69) is 5.32 Å². The molecule has 0 aliphatic rings. The Bertz CT molecular complexity index is 250. The predicted octanol–water partition coefficient (Wildman–Crippen LogP) is 1.26. The standard InChI is InChI=1S/C10H16N2O/c1-12-7-4-8-13-10-6-3-2-5-9(10)11/h2-3,5-6,12H,4,7-8,11H2,1H3. The number of nitrogens with one attached hydrogen (secondary N) is 1. The minimum Gasteiger partial charge on any atom is -0.491 e. The fourth-order valence-electron chi connectivity index (χ4n) is 1.04. The molecule has 0 spiro atoms. The van der Waals surface area contributed by atoms with Gasteiger partial charge in [-0.15, -0.1) is 0 Å². The molecule has 3 nitrogen and oxygen atoms in total. The fraction of sp³-hybridized carbons (Fsp3) is 0.400. The number of anilines is 1. The van der Waals surface area contributed by atoms with Crippen LogP contribution in [-0.2, 0) is 0 Å². The lowest BCUT2D eigenvalue weighted by atomic mass is 10.3. The zero-order valence-electron chi connectivity index (χ0n) is 7.92. The van der Waals surface area contributed by atoms with Crippen LogP contribution in [0.5, 0.6) is 5.75 Å². The number of nitrogens with two attached hydrogens (primary N) is 1. The highest BCUT2D eigenvalue weighted by molar-refractivity contribution is 5.51. The second-order valence-electron chi connectivity index (χ2n) is 2.84. The number of para-hydroxylation sites is 2. The molecule has 0 heterocycles. The molecular weight excluding hydrogens is 164 g/mol. The Kier molecular flexibility index (Phi) is 4.12. The van der Waals surface area contributed by atoms with Crippen molar-refractivity contribution in [2.24, 2.45) is 0 Å². The maximum Gasteiger partial charge on any atom is 0.142 e. The van der Waals surface area contributed by atoms with E-state index in [0.29, 0.717) is 12.3 Å². The van der Waals surface area contributed by atoms with Crippen molar-refractivity contribution < 1.29 is 4.74 Å². The predicted molar refractivity (Wildman–Crippen MR) is 54.9 cm³/mol. The minimum absolute atomic E-state index is 0.701. The quantitative estimate of drug-likeness (QED) is 0.529. The molecular formula is C10H16N2O. The van der Waals surface area contributed by atoms with Gasteiger partial charge in [0.05, 0.1) is 12.3 Å². The van der Waals surface area contributed by atoms with E-state index in [9.17, 15) is 0 Å². The highest BCUT2D eigenvalue weighted by Crippen LogP contribution is 2.19. The zero-order valence-corrected chi connectivity index (χ0v) is 7.92. The van der Waals surface area contributed by atoms with Gasteiger partial charge in [0.2, 0.25) is 0 Å². The number of rotatable bonds is 5. The van der Waals surface area contributed by atoms with Gasteiger partial charge in [0.1, 0.15) is 5.75 Å². The molecule has 0 saturated heterocycles. The summed E-state index contributed by atoms with van der Waals surface area (Å²) in [4.78, 5) is 0. The van der Waals surface area contributed by atoms with Gasteiger partial charge < -0.3 is 15.8 Å². The largest absolute Gasteiger partial charge is 0.491 e. The van der Waals surface area contributed by atoms with E-state index in [1.54, 1.807) is 0 Å². The van der Waals surface area contributed by atoms with Crippen LogP contribution in [0.1, 0.15) is 6.42 Å². The van der Waals surface area contributed by atoms with Gasteiger partial charge in [-0.05, 0) is 32.1 Å². The van der Waals surface area contributed by atoms with E-state index in [1.807, 2.05) is 31.3 Å². The summed E-state index contributed by atoms with van der Waals surface area (Å²) < 4.78 is 5.47. The summed E-state index contributed by atoms with van der Waals surface area (Å²) in [6.45, 7) is 1.67. The van der Waals surface area contributed by atoms with Gasteiger partial charge >= 0.3 is 0 Å². The summed E-state index contributed by atoms with van der Waals surface area (Å²) >= 11 is 0. The van der Waals surface area contributed by atoms with Gasteiger partial charge in [0.25, 0.3) is 0 Å². The van der Waals surface area contributed by atoms with Gasteiger partial charge in [0.15, 0.2) is 0 Å². The van der Waals surface area contributed by atoms with Crippen molar-refractivity contribution in [1.82, 2.24) is 5.32 Å². The smallest absolute Gasteiger partial charge is 0.142 e. The summed E-state index contributed by atoms with van der Waals surface area (Å²) in [7, 11) is 1.93. The SMILES string of the molecule is CNCCCOc1ccccc1N. The van der Waals surface area contributed by atoms with Crippen molar-refractivity contribution in [3.8, 4) is 5.75 Å². The Labute approximate surface area is 78.9 Å². The molecule has 0 saturated carbocycles. The molecule has 0 aromatic heterocycles. The first-order valence-corrected chi connectivity index (χ1v) is 4.46. The second-order valence-corrected chi connectivity index (χ2v) is 2.84. The Morgan fingerprint density at radius 2 is 2.15 bits per heavy atom. The molecule has 72 valence electrons. The number of nitrogen functional groups attached to an aromatic ring is 1. The molecule has 0 atom stereocenters. The first-order valence-electron chi connectivity index (χ1n) is 4.46. The molecule has 0 amide bonds. The van der Waals surface area contributed by atoms with E-state index in [-0.39, 0.29) is 0 Å². The summed E-state index contributed by atoms with van der Waals surface area (Å²) in [5.74, 6) is 0.776. The van der Waals surface area contributed by atoms with Crippen molar-refractivity contribution in [3.05, 3.63) is 24.3 Å². The van der Waals surface area contributed by atoms with Crippen molar-refractivity contribution in [3.63, 3.8) is 0 Å². The Hall–Kier alpha value is -1.22. The van der Waals surface area contributed by atoms with E-state index < -0.39 is 0 Å². The van der Waals surface area contributed by atoms with Gasteiger partial charge in [0, 0.05) is 0 Å². The van der Waals surface area contributed by atoms with E-state index in [1.165, 1.54) is 0 Å². The number of hydrogen-bond acceptors (Lipinski definition) is 3. The number of hydrogen-bond donors (Lipinski definition) is 2. The van der Waals surface area contributed by atoms with E-state index in [4.69, 9.17) is 10.5 Å². The van der Waals surface area contributed by atoms with Gasteiger partial charge in [-0.1, -0.05) is 12.1 Å². The number of benzene rings is 1. The van der Waals surface area contributed by atoms with Crippen LogP contribution in [0.2, 0.25) is 0 Å². The lowest BCUT2D eigenvalue weighted by Crippen LogP contribution is -2.11. The summed E-state index contributed by atoms with van der Waals surface area (Å²) in [5.41, 5.74) is 6.40. The monoisotopic (exact) mass is 180 g/mol. The van der Waals surface area contributed by atoms with Gasteiger partial charge in [-0.3, -0.25) is 0 Å². The first kappa shape index (κ1) is 9.86. The molecule has 0 radical (unpaired) electrons. The average Bonchev–Trinajstić information content (AvgIpc) is 2.15. The molecule has 13 heavy (non-hydrogen) atoms. The van der Waals surface area contributed by atoms with Crippen molar-refractivity contribution in [2.75, 3.05) is 25.9 Å². The molecule has 1 rings (SSSR count). The van der Waals surface area contributed by atoms with Crippen molar-refractivity contribution in [1.29, 1.82) is 0 Å². The Balaban J connectivity index is 2.32. The van der Waals surface area contributed by atoms with E-state index >= 15 is 0 Å². The molecule has 3 N–H and O–H groups in total. The summed E-state index contributed by atoms with van der Waals surface area (Å²) in [6, 6.07) is 7.54. The lowest BCUT2D eigenvalue weighted by Gasteiger charge is -2.07. The topological polar surface area (TPSA) is 47.3 Å². The molecule has 0 bridgehead atoms.